The molecule has 0 spiro atoms. The highest BCUT2D eigenvalue weighted by atomic mass is 32.2. The van der Waals surface area contributed by atoms with Crippen LogP contribution in [0.25, 0.3) is 0 Å². The predicted octanol–water partition coefficient (Wildman–Crippen LogP) is 4.34. The molecule has 0 amide bonds. The molecule has 0 aliphatic carbocycles. The predicted molar refractivity (Wildman–Crippen MR) is 75.9 cm³/mol. The minimum Gasteiger partial charge on any atom is -0.462 e. The molecule has 0 unspecified atom stereocenters. The summed E-state index contributed by atoms with van der Waals surface area (Å²) < 4.78 is 7.42. The standard InChI is InChI=1S/C10H10O2S4/c1-3-12-8(11)7-5-14-10(16-7)9-13-4-6(2)15-9/h4-5H,3H2,1-2H3/b10-9-. The van der Waals surface area contributed by atoms with Crippen molar-refractivity contribution in [2.24, 2.45) is 0 Å². The van der Waals surface area contributed by atoms with Crippen LogP contribution >= 0.6 is 47.0 Å². The molecule has 0 aromatic rings. The van der Waals surface area contributed by atoms with Gasteiger partial charge in [0.25, 0.3) is 0 Å². The maximum Gasteiger partial charge on any atom is 0.345 e. The fourth-order valence-electron chi connectivity index (χ4n) is 1.06. The zero-order valence-corrected chi connectivity index (χ0v) is 12.1. The molecule has 0 saturated carbocycles. The quantitative estimate of drug-likeness (QED) is 0.702. The average molecular weight is 290 g/mol. The molecule has 86 valence electrons. The van der Waals surface area contributed by atoms with Crippen LogP contribution in [0.1, 0.15) is 13.8 Å². The number of thioether (sulfide) groups is 4. The Bertz CT molecular complexity index is 409. The largest absolute Gasteiger partial charge is 0.462 e. The van der Waals surface area contributed by atoms with Crippen molar-refractivity contribution in [1.82, 2.24) is 0 Å². The van der Waals surface area contributed by atoms with Gasteiger partial charge in [0.15, 0.2) is 0 Å². The lowest BCUT2D eigenvalue weighted by Gasteiger charge is -2.02. The van der Waals surface area contributed by atoms with Crippen molar-refractivity contribution < 1.29 is 9.53 Å². The first-order valence-corrected chi connectivity index (χ1v) is 8.07. The van der Waals surface area contributed by atoms with E-state index in [0.717, 1.165) is 0 Å². The lowest BCUT2D eigenvalue weighted by Crippen LogP contribution is -2.03. The van der Waals surface area contributed by atoms with Gasteiger partial charge in [0.1, 0.15) is 4.91 Å². The van der Waals surface area contributed by atoms with Gasteiger partial charge >= 0.3 is 5.97 Å². The Kier molecular flexibility index (Phi) is 4.41. The highest BCUT2D eigenvalue weighted by molar-refractivity contribution is 8.33. The van der Waals surface area contributed by atoms with Crippen LogP contribution in [0.4, 0.5) is 0 Å². The second-order valence-corrected chi connectivity index (χ2v) is 7.53. The minimum atomic E-state index is -0.215. The molecule has 2 heterocycles. The van der Waals surface area contributed by atoms with Crippen LogP contribution in [0.3, 0.4) is 0 Å². The number of hydrogen-bond acceptors (Lipinski definition) is 6. The van der Waals surface area contributed by atoms with Crippen molar-refractivity contribution in [3.63, 3.8) is 0 Å². The number of esters is 1. The third kappa shape index (κ3) is 2.85. The molecule has 16 heavy (non-hydrogen) atoms. The second-order valence-electron chi connectivity index (χ2n) is 2.95. The van der Waals surface area contributed by atoms with E-state index < -0.39 is 0 Å². The first-order valence-electron chi connectivity index (χ1n) is 4.68. The Balaban J connectivity index is 1.99. The maximum atomic E-state index is 11.5. The van der Waals surface area contributed by atoms with Crippen molar-refractivity contribution in [3.8, 4) is 0 Å². The molecule has 0 aromatic carbocycles. The first kappa shape index (κ1) is 12.5. The molecule has 0 N–H and O–H groups in total. The molecule has 0 bridgehead atoms. The highest BCUT2D eigenvalue weighted by Gasteiger charge is 2.24. The first-order chi connectivity index (χ1) is 7.70. The summed E-state index contributed by atoms with van der Waals surface area (Å²) in [7, 11) is 0. The maximum absolute atomic E-state index is 11.5. The van der Waals surface area contributed by atoms with E-state index in [9.17, 15) is 4.79 Å². The van der Waals surface area contributed by atoms with Crippen molar-refractivity contribution >= 4 is 53.0 Å². The van der Waals surface area contributed by atoms with Crippen molar-refractivity contribution in [3.05, 3.63) is 29.1 Å². The summed E-state index contributed by atoms with van der Waals surface area (Å²) in [5.74, 6) is -0.215. The summed E-state index contributed by atoms with van der Waals surface area (Å²) >= 11 is 6.62. The van der Waals surface area contributed by atoms with E-state index in [0.29, 0.717) is 11.5 Å². The van der Waals surface area contributed by atoms with Gasteiger partial charge in [-0.2, -0.15) is 0 Å². The summed E-state index contributed by atoms with van der Waals surface area (Å²) in [6.45, 7) is 4.34. The van der Waals surface area contributed by atoms with Crippen LogP contribution < -0.4 is 0 Å². The van der Waals surface area contributed by atoms with Gasteiger partial charge in [-0.1, -0.05) is 47.0 Å². The van der Waals surface area contributed by atoms with E-state index in [4.69, 9.17) is 4.74 Å². The molecular formula is C10H10O2S4. The Morgan fingerprint density at radius 1 is 1.25 bits per heavy atom. The summed E-state index contributed by atoms with van der Waals surface area (Å²) in [4.78, 5) is 13.5. The van der Waals surface area contributed by atoms with E-state index in [1.807, 2.05) is 12.3 Å². The molecule has 2 rings (SSSR count). The Hall–Kier alpha value is 0.0900. The molecule has 0 saturated heterocycles. The van der Waals surface area contributed by atoms with Crippen LogP contribution in [0, 0.1) is 0 Å². The van der Waals surface area contributed by atoms with E-state index in [1.54, 1.807) is 35.3 Å². The smallest absolute Gasteiger partial charge is 0.345 e. The molecule has 2 nitrogen and oxygen atoms in total. The van der Waals surface area contributed by atoms with Gasteiger partial charge in [-0.05, 0) is 29.6 Å². The van der Waals surface area contributed by atoms with E-state index in [-0.39, 0.29) is 5.97 Å². The van der Waals surface area contributed by atoms with E-state index in [2.05, 4.69) is 12.3 Å². The SMILES string of the molecule is CCOC(=O)C1=CS/C(=C2\SC=C(C)S2)S1. The fraction of sp³-hybridized carbons (Fsp3) is 0.300. The average Bonchev–Trinajstić information content (AvgIpc) is 2.85. The topological polar surface area (TPSA) is 26.3 Å². The molecule has 2 aliphatic rings. The van der Waals surface area contributed by atoms with Gasteiger partial charge in [-0.25, -0.2) is 4.79 Å². The molecular weight excluding hydrogens is 280 g/mol. The van der Waals surface area contributed by atoms with Crippen LogP contribution in [-0.2, 0) is 9.53 Å². The van der Waals surface area contributed by atoms with Gasteiger partial charge in [-0.3, -0.25) is 0 Å². The fourth-order valence-corrected chi connectivity index (χ4v) is 5.72. The minimum absolute atomic E-state index is 0.215. The van der Waals surface area contributed by atoms with Gasteiger partial charge < -0.3 is 4.74 Å². The summed E-state index contributed by atoms with van der Waals surface area (Å²) in [5.41, 5.74) is 0. The third-order valence-electron chi connectivity index (χ3n) is 1.70. The van der Waals surface area contributed by atoms with Gasteiger partial charge in [0.05, 0.1) is 15.1 Å². The number of allylic oxidation sites excluding steroid dienone is 1. The Morgan fingerprint density at radius 2 is 1.94 bits per heavy atom. The molecule has 2 aliphatic heterocycles. The summed E-state index contributed by atoms with van der Waals surface area (Å²) in [6.07, 6.45) is 0. The molecule has 6 heteroatoms. The van der Waals surface area contributed by atoms with Gasteiger partial charge in [0.2, 0.25) is 0 Å². The summed E-state index contributed by atoms with van der Waals surface area (Å²) in [6, 6.07) is 0. The van der Waals surface area contributed by atoms with Gasteiger partial charge in [-0.15, -0.1) is 0 Å². The van der Waals surface area contributed by atoms with Crippen LogP contribution in [0.15, 0.2) is 29.1 Å². The van der Waals surface area contributed by atoms with Crippen LogP contribution in [0.2, 0.25) is 0 Å². The number of hydrogen-bond donors (Lipinski definition) is 0. The zero-order valence-electron chi connectivity index (χ0n) is 8.81. The number of ether oxygens (including phenoxy) is 1. The molecule has 0 fully saturated rings. The van der Waals surface area contributed by atoms with Crippen molar-refractivity contribution in [1.29, 1.82) is 0 Å². The van der Waals surface area contributed by atoms with Crippen molar-refractivity contribution in [2.45, 2.75) is 13.8 Å². The Labute approximate surface area is 112 Å². The number of rotatable bonds is 2. The van der Waals surface area contributed by atoms with E-state index in [1.165, 1.54) is 25.1 Å². The molecule has 0 radical (unpaired) electrons. The summed E-state index contributed by atoms with van der Waals surface area (Å²) in [5, 5.41) is 4.01. The van der Waals surface area contributed by atoms with Crippen molar-refractivity contribution in [2.75, 3.05) is 6.61 Å². The molecule has 0 aromatic heterocycles. The monoisotopic (exact) mass is 290 g/mol. The third-order valence-corrected chi connectivity index (χ3v) is 6.98. The lowest BCUT2D eigenvalue weighted by atomic mass is 10.6. The number of carbonyl (C=O) groups is 1. The normalized spacial score (nSPS) is 24.4. The highest BCUT2D eigenvalue weighted by Crippen LogP contribution is 2.55. The molecule has 0 atom stereocenters. The Morgan fingerprint density at radius 3 is 2.56 bits per heavy atom. The second kappa shape index (κ2) is 5.62. The van der Waals surface area contributed by atoms with Crippen LogP contribution in [0.5, 0.6) is 0 Å². The lowest BCUT2D eigenvalue weighted by molar-refractivity contribution is -0.137. The van der Waals surface area contributed by atoms with Crippen LogP contribution in [-0.4, -0.2) is 12.6 Å². The van der Waals surface area contributed by atoms with E-state index >= 15 is 0 Å². The zero-order chi connectivity index (χ0) is 11.5. The van der Waals surface area contributed by atoms with Gasteiger partial charge in [0, 0.05) is 0 Å². The number of carbonyl (C=O) groups excluding carboxylic acids is 1.